The summed E-state index contributed by atoms with van der Waals surface area (Å²) in [6.07, 6.45) is 0.890. The SMILES string of the molecule is CC(C(=O)N1CCc2ccccc21)N1CCN(S(=O)(=O)c2cccs2)CC1. The smallest absolute Gasteiger partial charge is 0.252 e. The van der Waals surface area contributed by atoms with Gasteiger partial charge in [0, 0.05) is 38.4 Å². The van der Waals surface area contributed by atoms with Gasteiger partial charge in [-0.15, -0.1) is 11.3 Å². The maximum absolute atomic E-state index is 13.0. The zero-order chi connectivity index (χ0) is 19.0. The number of piperazine rings is 1. The van der Waals surface area contributed by atoms with Crippen LogP contribution in [0.15, 0.2) is 46.0 Å². The summed E-state index contributed by atoms with van der Waals surface area (Å²) in [7, 11) is -3.41. The Morgan fingerprint density at radius 3 is 2.48 bits per heavy atom. The third kappa shape index (κ3) is 3.42. The summed E-state index contributed by atoms with van der Waals surface area (Å²) in [6.45, 7) is 4.59. The van der Waals surface area contributed by atoms with Crippen LogP contribution in [0, 0.1) is 0 Å². The number of hydrogen-bond acceptors (Lipinski definition) is 5. The highest BCUT2D eigenvalue weighted by Gasteiger charge is 2.35. The highest BCUT2D eigenvalue weighted by Crippen LogP contribution is 2.29. The van der Waals surface area contributed by atoms with Crippen LogP contribution in [0.5, 0.6) is 0 Å². The molecule has 2 aromatic rings. The third-order valence-corrected chi connectivity index (χ3v) is 8.69. The average Bonchev–Trinajstić information content (AvgIpc) is 3.37. The highest BCUT2D eigenvalue weighted by molar-refractivity contribution is 7.91. The van der Waals surface area contributed by atoms with Crippen molar-refractivity contribution in [2.24, 2.45) is 0 Å². The van der Waals surface area contributed by atoms with Gasteiger partial charge < -0.3 is 4.90 Å². The summed E-state index contributed by atoms with van der Waals surface area (Å²) < 4.78 is 27.2. The first kappa shape index (κ1) is 18.6. The molecule has 1 aromatic heterocycles. The molecular weight excluding hydrogens is 382 g/mol. The predicted octanol–water partition coefficient (Wildman–Crippen LogP) is 2.03. The standard InChI is InChI=1S/C19H23N3O3S2/c1-15(19(23)22-9-8-16-5-2-3-6-17(16)22)20-10-12-21(13-11-20)27(24,25)18-7-4-14-26-18/h2-7,14-15H,8-13H2,1H3. The van der Waals surface area contributed by atoms with Crippen LogP contribution in [0.1, 0.15) is 12.5 Å². The van der Waals surface area contributed by atoms with Gasteiger partial charge in [-0.3, -0.25) is 9.69 Å². The number of thiophene rings is 1. The monoisotopic (exact) mass is 405 g/mol. The molecule has 0 spiro atoms. The second-order valence-electron chi connectivity index (χ2n) is 6.92. The van der Waals surface area contributed by atoms with Crippen LogP contribution in [0.3, 0.4) is 0 Å². The van der Waals surface area contributed by atoms with Gasteiger partial charge in [0.05, 0.1) is 6.04 Å². The summed E-state index contributed by atoms with van der Waals surface area (Å²) in [6, 6.07) is 11.2. The summed E-state index contributed by atoms with van der Waals surface area (Å²) in [5.41, 5.74) is 2.22. The van der Waals surface area contributed by atoms with E-state index in [0.29, 0.717) is 30.4 Å². The van der Waals surface area contributed by atoms with Crippen molar-refractivity contribution in [2.45, 2.75) is 23.6 Å². The van der Waals surface area contributed by atoms with Crippen molar-refractivity contribution in [3.63, 3.8) is 0 Å². The van der Waals surface area contributed by atoms with E-state index in [2.05, 4.69) is 11.0 Å². The number of hydrogen-bond donors (Lipinski definition) is 0. The number of rotatable bonds is 4. The molecule has 1 amide bonds. The molecule has 0 saturated carbocycles. The lowest BCUT2D eigenvalue weighted by atomic mass is 10.1. The molecule has 0 aliphatic carbocycles. The quantitative estimate of drug-likeness (QED) is 0.781. The van der Waals surface area contributed by atoms with Crippen LogP contribution in [0.2, 0.25) is 0 Å². The molecule has 1 fully saturated rings. The number of carbonyl (C=O) groups is 1. The van der Waals surface area contributed by atoms with E-state index in [1.165, 1.54) is 21.2 Å². The first-order valence-electron chi connectivity index (χ1n) is 9.15. The molecule has 2 aliphatic heterocycles. The molecule has 0 bridgehead atoms. The van der Waals surface area contributed by atoms with Gasteiger partial charge in [-0.25, -0.2) is 8.42 Å². The van der Waals surface area contributed by atoms with Crippen molar-refractivity contribution >= 4 is 33.0 Å². The predicted molar refractivity (Wildman–Crippen MR) is 107 cm³/mol. The first-order valence-corrected chi connectivity index (χ1v) is 11.5. The Morgan fingerprint density at radius 1 is 1.04 bits per heavy atom. The van der Waals surface area contributed by atoms with Crippen molar-refractivity contribution in [1.29, 1.82) is 0 Å². The maximum Gasteiger partial charge on any atom is 0.252 e. The van der Waals surface area contributed by atoms with Gasteiger partial charge in [-0.1, -0.05) is 24.3 Å². The molecule has 4 rings (SSSR count). The Morgan fingerprint density at radius 2 is 1.78 bits per heavy atom. The fourth-order valence-corrected chi connectivity index (χ4v) is 6.38. The lowest BCUT2D eigenvalue weighted by Gasteiger charge is -2.37. The van der Waals surface area contributed by atoms with Gasteiger partial charge in [0.25, 0.3) is 10.0 Å². The van der Waals surface area contributed by atoms with E-state index in [9.17, 15) is 13.2 Å². The number of nitrogens with zero attached hydrogens (tertiary/aromatic N) is 3. The number of anilines is 1. The Bertz CT molecular complexity index is 919. The Hall–Kier alpha value is -1.74. The molecule has 6 nitrogen and oxygen atoms in total. The van der Waals surface area contributed by atoms with Crippen molar-refractivity contribution in [3.05, 3.63) is 47.3 Å². The number of carbonyl (C=O) groups excluding carboxylic acids is 1. The summed E-state index contributed by atoms with van der Waals surface area (Å²) in [5.74, 6) is 0.0921. The van der Waals surface area contributed by atoms with Gasteiger partial charge >= 0.3 is 0 Å². The molecule has 1 atom stereocenters. The molecule has 1 unspecified atom stereocenters. The van der Waals surface area contributed by atoms with Gasteiger partial charge in [0.15, 0.2) is 0 Å². The second kappa shape index (κ2) is 7.35. The molecule has 8 heteroatoms. The van der Waals surface area contributed by atoms with E-state index < -0.39 is 10.0 Å². The molecule has 0 N–H and O–H groups in total. The zero-order valence-electron chi connectivity index (χ0n) is 15.2. The Labute approximate surface area is 164 Å². The van der Waals surface area contributed by atoms with E-state index in [1.54, 1.807) is 17.5 Å². The highest BCUT2D eigenvalue weighted by atomic mass is 32.2. The van der Waals surface area contributed by atoms with Gasteiger partial charge in [-0.2, -0.15) is 4.31 Å². The largest absolute Gasteiger partial charge is 0.310 e. The van der Waals surface area contributed by atoms with Crippen LogP contribution in [0.4, 0.5) is 5.69 Å². The normalized spacial score (nSPS) is 19.8. The number of benzene rings is 1. The topological polar surface area (TPSA) is 60.9 Å². The summed E-state index contributed by atoms with van der Waals surface area (Å²) in [5, 5.41) is 1.78. The molecule has 0 radical (unpaired) electrons. The minimum Gasteiger partial charge on any atom is -0.310 e. The van der Waals surface area contributed by atoms with Crippen LogP contribution >= 0.6 is 11.3 Å². The minimum atomic E-state index is -3.41. The maximum atomic E-state index is 13.0. The van der Waals surface area contributed by atoms with E-state index in [-0.39, 0.29) is 11.9 Å². The second-order valence-corrected chi connectivity index (χ2v) is 10.0. The van der Waals surface area contributed by atoms with E-state index >= 15 is 0 Å². The average molecular weight is 406 g/mol. The third-order valence-electron chi connectivity index (χ3n) is 5.42. The number of sulfonamides is 1. The molecular formula is C19H23N3O3S2. The molecule has 144 valence electrons. The summed E-state index contributed by atoms with van der Waals surface area (Å²) >= 11 is 1.24. The van der Waals surface area contributed by atoms with Gasteiger partial charge in [-0.05, 0) is 36.4 Å². The van der Waals surface area contributed by atoms with E-state index in [0.717, 1.165) is 18.7 Å². The van der Waals surface area contributed by atoms with Crippen molar-refractivity contribution in [3.8, 4) is 0 Å². The van der Waals surface area contributed by atoms with E-state index in [1.807, 2.05) is 30.0 Å². The molecule has 2 aliphatic rings. The lowest BCUT2D eigenvalue weighted by Crippen LogP contribution is -2.55. The van der Waals surface area contributed by atoms with E-state index in [4.69, 9.17) is 0 Å². The summed E-state index contributed by atoms with van der Waals surface area (Å²) in [4.78, 5) is 17.0. The fourth-order valence-electron chi connectivity index (χ4n) is 3.82. The zero-order valence-corrected chi connectivity index (χ0v) is 16.9. The minimum absolute atomic E-state index is 0.0921. The number of para-hydroxylation sites is 1. The number of amides is 1. The molecule has 3 heterocycles. The fraction of sp³-hybridized carbons (Fsp3) is 0.421. The van der Waals surface area contributed by atoms with Crippen LogP contribution < -0.4 is 4.90 Å². The Kier molecular flexibility index (Phi) is 5.07. The van der Waals surface area contributed by atoms with Crippen molar-refractivity contribution in [1.82, 2.24) is 9.21 Å². The first-order chi connectivity index (χ1) is 13.0. The van der Waals surface area contributed by atoms with Crippen LogP contribution in [-0.2, 0) is 21.2 Å². The van der Waals surface area contributed by atoms with Crippen molar-refractivity contribution < 1.29 is 13.2 Å². The molecule has 1 aromatic carbocycles. The van der Waals surface area contributed by atoms with Crippen molar-refractivity contribution in [2.75, 3.05) is 37.6 Å². The Balaban J connectivity index is 1.41. The van der Waals surface area contributed by atoms with Crippen LogP contribution in [0.25, 0.3) is 0 Å². The lowest BCUT2D eigenvalue weighted by molar-refractivity contribution is -0.123. The van der Waals surface area contributed by atoms with Gasteiger partial charge in [0.2, 0.25) is 5.91 Å². The number of fused-ring (bicyclic) bond motifs is 1. The molecule has 1 saturated heterocycles. The van der Waals surface area contributed by atoms with Gasteiger partial charge in [0.1, 0.15) is 4.21 Å². The molecule has 27 heavy (non-hydrogen) atoms. The van der Waals surface area contributed by atoms with Crippen LogP contribution in [-0.4, -0.2) is 62.3 Å².